The number of carbonyl (C=O) groups is 1. The van der Waals surface area contributed by atoms with E-state index in [1.807, 2.05) is 54.6 Å². The van der Waals surface area contributed by atoms with Crippen LogP contribution in [-0.4, -0.2) is 22.3 Å². The summed E-state index contributed by atoms with van der Waals surface area (Å²) < 4.78 is 5.82. The monoisotopic (exact) mass is 298 g/mol. The zero-order valence-electron chi connectivity index (χ0n) is 12.1. The van der Waals surface area contributed by atoms with Gasteiger partial charge in [0.2, 0.25) is 0 Å². The van der Waals surface area contributed by atoms with E-state index < -0.39 is 6.03 Å². The van der Waals surface area contributed by atoms with Crippen molar-refractivity contribution in [2.24, 2.45) is 5.73 Å². The fourth-order valence-corrected chi connectivity index (χ4v) is 2.70. The molecule has 1 aliphatic carbocycles. The summed E-state index contributed by atoms with van der Waals surface area (Å²) in [5.74, 6) is 1.88. The molecule has 22 heavy (non-hydrogen) atoms. The first-order valence-electron chi connectivity index (χ1n) is 7.24. The lowest BCUT2D eigenvalue weighted by Gasteiger charge is -2.39. The molecule has 114 valence electrons. The third kappa shape index (κ3) is 3.04. The van der Waals surface area contributed by atoms with Crippen LogP contribution in [0.4, 0.5) is 4.79 Å². The van der Waals surface area contributed by atoms with Crippen molar-refractivity contribution in [2.75, 3.05) is 0 Å². The van der Waals surface area contributed by atoms with Crippen molar-refractivity contribution < 1.29 is 14.7 Å². The van der Waals surface area contributed by atoms with Gasteiger partial charge in [0.1, 0.15) is 11.5 Å². The van der Waals surface area contributed by atoms with E-state index in [4.69, 9.17) is 10.5 Å². The number of nitrogens with zero attached hydrogens (tertiary/aromatic N) is 1. The molecule has 0 aliphatic heterocycles. The Hall–Kier alpha value is -2.53. The molecule has 1 aliphatic rings. The molecule has 5 nitrogen and oxygen atoms in total. The van der Waals surface area contributed by atoms with Gasteiger partial charge in [-0.2, -0.15) is 0 Å². The average molecular weight is 298 g/mol. The van der Waals surface area contributed by atoms with Crippen molar-refractivity contribution in [3.8, 4) is 11.5 Å². The average Bonchev–Trinajstić information content (AvgIpc) is 2.47. The molecular formula is C17H18N2O3. The van der Waals surface area contributed by atoms with Crippen LogP contribution in [0.5, 0.6) is 11.5 Å². The number of hydrogen-bond donors (Lipinski definition) is 2. The largest absolute Gasteiger partial charge is 0.457 e. The summed E-state index contributed by atoms with van der Waals surface area (Å²) >= 11 is 0. The van der Waals surface area contributed by atoms with Crippen molar-refractivity contribution in [1.82, 2.24) is 5.06 Å². The smallest absolute Gasteiger partial charge is 0.338 e. The highest BCUT2D eigenvalue weighted by atomic mass is 16.5. The highest BCUT2D eigenvalue weighted by Crippen LogP contribution is 2.40. The molecule has 3 N–H and O–H groups in total. The number of urea groups is 1. The van der Waals surface area contributed by atoms with E-state index in [1.165, 1.54) is 0 Å². The molecule has 3 rings (SSSR count). The second kappa shape index (κ2) is 6.07. The lowest BCUT2D eigenvalue weighted by molar-refractivity contribution is -0.102. The van der Waals surface area contributed by atoms with Crippen molar-refractivity contribution in [2.45, 2.75) is 24.8 Å². The number of carbonyl (C=O) groups excluding carboxylic acids is 1. The third-order valence-electron chi connectivity index (χ3n) is 3.99. The van der Waals surface area contributed by atoms with Crippen molar-refractivity contribution in [3.63, 3.8) is 0 Å². The van der Waals surface area contributed by atoms with Gasteiger partial charge < -0.3 is 10.5 Å². The van der Waals surface area contributed by atoms with Crippen LogP contribution in [0.3, 0.4) is 0 Å². The van der Waals surface area contributed by atoms with Crippen LogP contribution in [0, 0.1) is 0 Å². The standard InChI is InChI=1S/C17H18N2O3/c18-17(20)19(21)14-9-13(10-14)12-5-4-8-16(11-12)22-15-6-2-1-3-7-15/h1-8,11,13-14,21H,9-10H2,(H2,18,20)/t13-,14+. The lowest BCUT2D eigenvalue weighted by atomic mass is 9.75. The Morgan fingerprint density at radius 1 is 1.09 bits per heavy atom. The summed E-state index contributed by atoms with van der Waals surface area (Å²) in [6.45, 7) is 0. The molecule has 2 aromatic carbocycles. The fourth-order valence-electron chi connectivity index (χ4n) is 2.70. The van der Waals surface area contributed by atoms with Gasteiger partial charge in [0.05, 0.1) is 6.04 Å². The Labute approximate surface area is 128 Å². The first-order valence-corrected chi connectivity index (χ1v) is 7.24. The van der Waals surface area contributed by atoms with E-state index in [-0.39, 0.29) is 6.04 Å². The minimum Gasteiger partial charge on any atom is -0.457 e. The van der Waals surface area contributed by atoms with Gasteiger partial charge >= 0.3 is 6.03 Å². The van der Waals surface area contributed by atoms with E-state index >= 15 is 0 Å². The fraction of sp³-hybridized carbons (Fsp3) is 0.235. The number of benzene rings is 2. The third-order valence-corrected chi connectivity index (χ3v) is 3.99. The molecule has 0 radical (unpaired) electrons. The SMILES string of the molecule is NC(=O)N(O)[C@H]1C[C@@H](c2cccc(Oc3ccccc3)c2)C1. The normalized spacial score (nSPS) is 20.0. The van der Waals surface area contributed by atoms with Gasteiger partial charge in [-0.1, -0.05) is 30.3 Å². The number of para-hydroxylation sites is 1. The molecule has 0 saturated heterocycles. The van der Waals surface area contributed by atoms with Crippen LogP contribution in [0.1, 0.15) is 24.3 Å². The molecule has 0 atom stereocenters. The van der Waals surface area contributed by atoms with Crippen LogP contribution in [0.25, 0.3) is 0 Å². The highest BCUT2D eigenvalue weighted by Gasteiger charge is 2.36. The van der Waals surface area contributed by atoms with Gasteiger partial charge in [-0.25, -0.2) is 9.86 Å². The molecular weight excluding hydrogens is 280 g/mol. The van der Waals surface area contributed by atoms with Gasteiger partial charge in [-0.05, 0) is 48.6 Å². The van der Waals surface area contributed by atoms with Crippen molar-refractivity contribution >= 4 is 6.03 Å². The molecule has 0 unspecified atom stereocenters. The maximum atomic E-state index is 10.9. The molecule has 0 spiro atoms. The highest BCUT2D eigenvalue weighted by molar-refractivity contribution is 5.71. The molecule has 1 saturated carbocycles. The molecule has 2 amide bonds. The number of hydroxylamine groups is 2. The summed E-state index contributed by atoms with van der Waals surface area (Å²) in [6, 6.07) is 16.5. The summed E-state index contributed by atoms with van der Waals surface area (Å²) in [7, 11) is 0. The molecule has 0 aromatic heterocycles. The van der Waals surface area contributed by atoms with Crippen molar-refractivity contribution in [1.29, 1.82) is 0 Å². The Morgan fingerprint density at radius 2 is 1.77 bits per heavy atom. The first-order chi connectivity index (χ1) is 10.6. The number of amides is 2. The van der Waals surface area contributed by atoms with E-state index in [2.05, 4.69) is 0 Å². The number of nitrogens with two attached hydrogens (primary N) is 1. The van der Waals surface area contributed by atoms with Crippen LogP contribution in [-0.2, 0) is 0 Å². The van der Waals surface area contributed by atoms with Gasteiger partial charge in [-0.3, -0.25) is 5.21 Å². The number of rotatable bonds is 4. The minimum atomic E-state index is -0.801. The molecule has 1 fully saturated rings. The zero-order valence-corrected chi connectivity index (χ0v) is 12.1. The molecule has 0 heterocycles. The quantitative estimate of drug-likeness (QED) is 0.670. The van der Waals surface area contributed by atoms with Gasteiger partial charge in [0, 0.05) is 0 Å². The zero-order chi connectivity index (χ0) is 15.5. The van der Waals surface area contributed by atoms with Gasteiger partial charge in [0.15, 0.2) is 0 Å². The topological polar surface area (TPSA) is 75.8 Å². The van der Waals surface area contributed by atoms with Crippen LogP contribution in [0.15, 0.2) is 54.6 Å². The van der Waals surface area contributed by atoms with E-state index in [9.17, 15) is 10.0 Å². The number of ether oxygens (including phenoxy) is 1. The summed E-state index contributed by atoms with van der Waals surface area (Å²) in [6.07, 6.45) is 1.41. The summed E-state index contributed by atoms with van der Waals surface area (Å²) in [5.41, 5.74) is 6.20. The molecule has 2 aromatic rings. The first kappa shape index (κ1) is 14.4. The Kier molecular flexibility index (Phi) is 3.98. The van der Waals surface area contributed by atoms with Gasteiger partial charge in [0.25, 0.3) is 0 Å². The Bertz CT molecular complexity index is 654. The maximum absolute atomic E-state index is 10.9. The number of primary amides is 1. The second-order valence-corrected chi connectivity index (χ2v) is 5.49. The van der Waals surface area contributed by atoms with Gasteiger partial charge in [-0.15, -0.1) is 0 Å². The van der Waals surface area contributed by atoms with Crippen molar-refractivity contribution in [3.05, 3.63) is 60.2 Å². The van der Waals surface area contributed by atoms with Crippen LogP contribution < -0.4 is 10.5 Å². The van der Waals surface area contributed by atoms with Crippen LogP contribution in [0.2, 0.25) is 0 Å². The predicted molar refractivity (Wildman–Crippen MR) is 81.9 cm³/mol. The van der Waals surface area contributed by atoms with E-state index in [0.29, 0.717) is 23.8 Å². The predicted octanol–water partition coefficient (Wildman–Crippen LogP) is 3.49. The maximum Gasteiger partial charge on any atom is 0.338 e. The lowest BCUT2D eigenvalue weighted by Crippen LogP contribution is -2.47. The Morgan fingerprint density at radius 3 is 2.45 bits per heavy atom. The number of hydrogen-bond acceptors (Lipinski definition) is 3. The molecule has 0 bridgehead atoms. The van der Waals surface area contributed by atoms with E-state index in [0.717, 1.165) is 17.1 Å². The second-order valence-electron chi connectivity index (χ2n) is 5.49. The van der Waals surface area contributed by atoms with Crippen LogP contribution >= 0.6 is 0 Å². The van der Waals surface area contributed by atoms with E-state index in [1.54, 1.807) is 0 Å². The molecule has 5 heteroatoms. The summed E-state index contributed by atoms with van der Waals surface area (Å²) in [5, 5.41) is 10.1. The minimum absolute atomic E-state index is 0.193. The summed E-state index contributed by atoms with van der Waals surface area (Å²) in [4.78, 5) is 10.9. The Balaban J connectivity index is 1.65.